The topological polar surface area (TPSA) is 80.8 Å². The average molecular weight is 336 g/mol. The lowest BCUT2D eigenvalue weighted by Gasteiger charge is -2.16. The number of hydrogen-bond acceptors (Lipinski definition) is 6. The molecule has 0 saturated carbocycles. The van der Waals surface area contributed by atoms with Crippen LogP contribution in [0.15, 0.2) is 11.4 Å². The summed E-state index contributed by atoms with van der Waals surface area (Å²) >= 11 is 1.57. The van der Waals surface area contributed by atoms with Crippen molar-refractivity contribution in [1.29, 1.82) is 0 Å². The summed E-state index contributed by atoms with van der Waals surface area (Å²) in [5.74, 6) is 0.944. The number of fused-ring (bicyclic) bond motifs is 1. The number of aromatic amines is 1. The summed E-state index contributed by atoms with van der Waals surface area (Å²) in [6.45, 7) is 8.16. The van der Waals surface area contributed by atoms with E-state index >= 15 is 0 Å². The minimum Gasteiger partial charge on any atom is -0.406 e. The number of aromatic nitrogens is 4. The van der Waals surface area contributed by atoms with Crippen LogP contribution in [0.2, 0.25) is 0 Å². The monoisotopic (exact) mass is 336 g/mol. The van der Waals surface area contributed by atoms with Crippen molar-refractivity contribution < 1.29 is 9.53 Å². The number of nitrogens with one attached hydrogen (secondary N) is 1. The van der Waals surface area contributed by atoms with E-state index < -0.39 is 0 Å². The highest BCUT2D eigenvalue weighted by atomic mass is 32.2. The van der Waals surface area contributed by atoms with Crippen LogP contribution in [0, 0.1) is 5.41 Å². The number of carbonyl (C=O) groups is 1. The summed E-state index contributed by atoms with van der Waals surface area (Å²) in [6, 6.07) is 0. The first-order valence-electron chi connectivity index (χ1n) is 7.93. The second-order valence-corrected chi connectivity index (χ2v) is 7.77. The van der Waals surface area contributed by atoms with Crippen LogP contribution >= 0.6 is 11.8 Å². The number of unbranched alkanes of at least 4 members (excludes halogenated alkanes) is 2. The van der Waals surface area contributed by atoms with E-state index in [1.165, 1.54) is 12.8 Å². The van der Waals surface area contributed by atoms with Crippen LogP contribution in [0.25, 0.3) is 11.0 Å². The van der Waals surface area contributed by atoms with Gasteiger partial charge in [0.2, 0.25) is 5.88 Å². The van der Waals surface area contributed by atoms with E-state index in [2.05, 4.69) is 27.1 Å². The Balaban J connectivity index is 2.13. The molecule has 0 saturated heterocycles. The van der Waals surface area contributed by atoms with Crippen LogP contribution in [0.3, 0.4) is 0 Å². The minimum absolute atomic E-state index is 0.128. The van der Waals surface area contributed by atoms with Gasteiger partial charge in [0, 0.05) is 5.75 Å². The highest BCUT2D eigenvalue weighted by Crippen LogP contribution is 2.27. The molecule has 1 N–H and O–H groups in total. The van der Waals surface area contributed by atoms with Crippen LogP contribution in [-0.2, 0) is 4.79 Å². The van der Waals surface area contributed by atoms with Crippen LogP contribution < -0.4 is 4.74 Å². The Hall–Kier alpha value is -1.63. The summed E-state index contributed by atoms with van der Waals surface area (Å²) in [7, 11) is 0. The van der Waals surface area contributed by atoms with E-state index in [4.69, 9.17) is 4.74 Å². The van der Waals surface area contributed by atoms with Crippen molar-refractivity contribution in [1.82, 2.24) is 20.2 Å². The Bertz CT molecular complexity index is 664. The van der Waals surface area contributed by atoms with Gasteiger partial charge in [0.15, 0.2) is 10.8 Å². The van der Waals surface area contributed by atoms with E-state index in [0.29, 0.717) is 22.6 Å². The van der Waals surface area contributed by atoms with Gasteiger partial charge >= 0.3 is 5.97 Å². The number of esters is 1. The zero-order valence-corrected chi connectivity index (χ0v) is 15.0. The maximum atomic E-state index is 12.1. The molecule has 0 aliphatic heterocycles. The molecule has 0 radical (unpaired) electrons. The fourth-order valence-electron chi connectivity index (χ4n) is 2.02. The van der Waals surface area contributed by atoms with E-state index in [-0.39, 0.29) is 17.3 Å². The molecule has 0 amide bonds. The Kier molecular flexibility index (Phi) is 5.98. The van der Waals surface area contributed by atoms with Gasteiger partial charge in [0.1, 0.15) is 5.39 Å². The third-order valence-corrected chi connectivity index (χ3v) is 4.05. The summed E-state index contributed by atoms with van der Waals surface area (Å²) in [5, 5.41) is 8.02. The standard InChI is InChI=1S/C16H24N4O2S/c1-5-6-7-8-23-15-18-13-11(10-17-20-13)14(19-15)22-12(21)9-16(2,3)4/h10H,5-9H2,1-4H3,(H,17,18,19,20). The van der Waals surface area contributed by atoms with Crippen molar-refractivity contribution >= 4 is 28.8 Å². The van der Waals surface area contributed by atoms with Gasteiger partial charge in [0.05, 0.1) is 12.6 Å². The molecule has 0 unspecified atom stereocenters. The lowest BCUT2D eigenvalue weighted by Crippen LogP contribution is -2.18. The van der Waals surface area contributed by atoms with E-state index in [1.807, 2.05) is 20.8 Å². The maximum absolute atomic E-state index is 12.1. The number of thioether (sulfide) groups is 1. The number of H-pyrrole nitrogens is 1. The lowest BCUT2D eigenvalue weighted by atomic mass is 9.92. The Morgan fingerprint density at radius 3 is 2.78 bits per heavy atom. The predicted octanol–water partition coefficient (Wildman–Crippen LogP) is 3.98. The van der Waals surface area contributed by atoms with Gasteiger partial charge in [-0.1, -0.05) is 52.3 Å². The molecule has 6 nitrogen and oxygen atoms in total. The Morgan fingerprint density at radius 2 is 2.09 bits per heavy atom. The van der Waals surface area contributed by atoms with Gasteiger partial charge < -0.3 is 4.74 Å². The zero-order chi connectivity index (χ0) is 16.9. The van der Waals surface area contributed by atoms with Crippen LogP contribution in [0.1, 0.15) is 53.4 Å². The third-order valence-electron chi connectivity index (χ3n) is 3.12. The first-order chi connectivity index (χ1) is 10.9. The molecule has 2 aromatic heterocycles. The predicted molar refractivity (Wildman–Crippen MR) is 91.6 cm³/mol. The molecular weight excluding hydrogens is 312 g/mol. The average Bonchev–Trinajstić information content (AvgIpc) is 2.90. The van der Waals surface area contributed by atoms with Gasteiger partial charge in [-0.05, 0) is 11.8 Å². The molecule has 0 spiro atoms. The Morgan fingerprint density at radius 1 is 1.30 bits per heavy atom. The molecule has 0 atom stereocenters. The zero-order valence-electron chi connectivity index (χ0n) is 14.2. The molecule has 2 heterocycles. The van der Waals surface area contributed by atoms with Gasteiger partial charge in [-0.25, -0.2) is 4.98 Å². The van der Waals surface area contributed by atoms with Crippen molar-refractivity contribution in [3.63, 3.8) is 0 Å². The lowest BCUT2D eigenvalue weighted by molar-refractivity contribution is -0.136. The van der Waals surface area contributed by atoms with E-state index in [1.54, 1.807) is 18.0 Å². The molecule has 0 aliphatic carbocycles. The normalized spacial score (nSPS) is 11.8. The number of nitrogens with zero attached hydrogens (tertiary/aromatic N) is 3. The van der Waals surface area contributed by atoms with Crippen molar-refractivity contribution in [2.24, 2.45) is 5.41 Å². The summed E-state index contributed by atoms with van der Waals surface area (Å²) in [5.41, 5.74) is 0.466. The molecule has 126 valence electrons. The molecule has 7 heteroatoms. The number of hydrogen-bond donors (Lipinski definition) is 1. The van der Waals surface area contributed by atoms with Gasteiger partial charge in [-0.3, -0.25) is 9.89 Å². The van der Waals surface area contributed by atoms with Crippen LogP contribution in [-0.4, -0.2) is 31.9 Å². The summed E-state index contributed by atoms with van der Waals surface area (Å²) < 4.78 is 5.47. The van der Waals surface area contributed by atoms with E-state index in [0.717, 1.165) is 12.2 Å². The van der Waals surface area contributed by atoms with Crippen molar-refractivity contribution in [2.45, 2.75) is 58.5 Å². The third kappa shape index (κ3) is 5.49. The highest BCUT2D eigenvalue weighted by Gasteiger charge is 2.20. The van der Waals surface area contributed by atoms with E-state index in [9.17, 15) is 4.79 Å². The minimum atomic E-state index is -0.291. The van der Waals surface area contributed by atoms with Gasteiger partial charge in [0.25, 0.3) is 0 Å². The first-order valence-corrected chi connectivity index (χ1v) is 8.92. The van der Waals surface area contributed by atoms with Crippen molar-refractivity contribution in [2.75, 3.05) is 5.75 Å². The molecule has 0 aliphatic rings. The summed E-state index contributed by atoms with van der Waals surface area (Å²) in [6.07, 6.45) is 5.39. The van der Waals surface area contributed by atoms with Gasteiger partial charge in [-0.15, -0.1) is 0 Å². The van der Waals surface area contributed by atoms with Crippen LogP contribution in [0.5, 0.6) is 5.88 Å². The smallest absolute Gasteiger partial charge is 0.313 e. The molecule has 23 heavy (non-hydrogen) atoms. The maximum Gasteiger partial charge on any atom is 0.313 e. The molecule has 0 fully saturated rings. The fourth-order valence-corrected chi connectivity index (χ4v) is 2.86. The number of rotatable bonds is 7. The molecule has 0 bridgehead atoms. The molecular formula is C16H24N4O2S. The fraction of sp³-hybridized carbons (Fsp3) is 0.625. The summed E-state index contributed by atoms with van der Waals surface area (Å²) in [4.78, 5) is 20.9. The number of ether oxygens (including phenoxy) is 1. The number of carbonyl (C=O) groups excluding carboxylic acids is 1. The Labute approximate surface area is 140 Å². The highest BCUT2D eigenvalue weighted by molar-refractivity contribution is 7.99. The molecule has 0 aromatic carbocycles. The largest absolute Gasteiger partial charge is 0.406 e. The van der Waals surface area contributed by atoms with Gasteiger partial charge in [-0.2, -0.15) is 10.1 Å². The van der Waals surface area contributed by atoms with Crippen molar-refractivity contribution in [3.05, 3.63) is 6.20 Å². The van der Waals surface area contributed by atoms with Crippen molar-refractivity contribution in [3.8, 4) is 5.88 Å². The SMILES string of the molecule is CCCCCSc1nc(OC(=O)CC(C)(C)C)c2cn[nH]c2n1. The molecule has 2 aromatic rings. The van der Waals surface area contributed by atoms with Crippen LogP contribution in [0.4, 0.5) is 0 Å². The molecule has 2 rings (SSSR count). The second kappa shape index (κ2) is 7.77. The quantitative estimate of drug-likeness (QED) is 0.356. The second-order valence-electron chi connectivity index (χ2n) is 6.71. The first kappa shape index (κ1) is 17.7.